The highest BCUT2D eigenvalue weighted by Gasteiger charge is 2.62. The Morgan fingerprint density at radius 2 is 0.773 bits per heavy atom. The van der Waals surface area contributed by atoms with Crippen LogP contribution in [0.5, 0.6) is 0 Å². The molecule has 4 fully saturated rings. The van der Waals surface area contributed by atoms with Crippen LogP contribution in [-0.2, 0) is 16.2 Å². The molecule has 432 valence electrons. The van der Waals surface area contributed by atoms with E-state index in [1.807, 2.05) is 24.3 Å². The van der Waals surface area contributed by atoms with Crippen molar-refractivity contribution in [3.63, 3.8) is 0 Å². The van der Waals surface area contributed by atoms with Gasteiger partial charge in [0.05, 0.1) is 27.8 Å². The minimum Gasteiger partial charge on any atom is -0.310 e. The number of hydrogen-bond acceptors (Lipinski definition) is 2. The number of para-hydroxylation sites is 2. The van der Waals surface area contributed by atoms with Crippen LogP contribution in [0.1, 0.15) is 95.9 Å². The summed E-state index contributed by atoms with van der Waals surface area (Å²) in [5.41, 5.74) is 20.7. The molecular weight excluding hydrogens is 1080 g/mol. The number of hydrogen-bond donors (Lipinski definition) is 0. The Morgan fingerprint density at radius 1 is 0.364 bits per heavy atom. The molecule has 11 aromatic carbocycles. The Labute approximate surface area is 513 Å². The second kappa shape index (κ2) is 19.4. The molecule has 1 spiro atoms. The van der Waals surface area contributed by atoms with Gasteiger partial charge < -0.3 is 18.9 Å². The van der Waals surface area contributed by atoms with Crippen molar-refractivity contribution >= 4 is 88.5 Å². The molecule has 4 saturated carbocycles. The molecule has 5 aliphatic rings. The highest BCUT2D eigenvalue weighted by molar-refractivity contribution is 6.14. The fourth-order valence-electron chi connectivity index (χ4n) is 17.4. The van der Waals surface area contributed by atoms with Gasteiger partial charge in [0.25, 0.3) is 0 Å². The Bertz CT molecular complexity index is 4930. The number of nitrogens with zero attached hydrogens (tertiary/aromatic N) is 4. The summed E-state index contributed by atoms with van der Waals surface area (Å²) in [5, 5.41) is 7.05. The minimum atomic E-state index is -0.268. The zero-order valence-electron chi connectivity index (χ0n) is 50.8. The molecule has 0 unspecified atom stereocenters. The largest absolute Gasteiger partial charge is 0.310 e. The first-order valence-corrected chi connectivity index (χ1v) is 31.8. The predicted molar refractivity (Wildman–Crippen MR) is 363 cm³/mol. The lowest BCUT2D eigenvalue weighted by molar-refractivity contribution is -0.0398. The van der Waals surface area contributed by atoms with Crippen LogP contribution < -0.4 is 9.80 Å². The summed E-state index contributed by atoms with van der Waals surface area (Å²) in [5.74, 6) is 1.83. The van der Waals surface area contributed by atoms with Gasteiger partial charge in [-0.1, -0.05) is 133 Å². The van der Waals surface area contributed by atoms with Crippen molar-refractivity contribution in [3.05, 3.63) is 264 Å². The van der Waals surface area contributed by atoms with E-state index < -0.39 is 0 Å². The van der Waals surface area contributed by atoms with E-state index in [-0.39, 0.29) is 27.9 Å². The number of fused-ring (bicyclic) bond motifs is 11. The third kappa shape index (κ3) is 7.99. The van der Waals surface area contributed by atoms with Crippen LogP contribution in [0.4, 0.5) is 42.9 Å². The molecule has 0 atom stereocenters. The second-order valence-corrected chi connectivity index (χ2v) is 28.1. The summed E-state index contributed by atoms with van der Waals surface area (Å²) < 4.78 is 35.3. The fraction of sp³-hybridized carbons (Fsp3) is 0.220. The summed E-state index contributed by atoms with van der Waals surface area (Å²) in [6.45, 7) is 13.6. The topological polar surface area (TPSA) is 16.3 Å². The van der Waals surface area contributed by atoms with Crippen molar-refractivity contribution in [1.29, 1.82) is 0 Å². The molecule has 6 heteroatoms. The van der Waals surface area contributed by atoms with Crippen LogP contribution in [0.25, 0.3) is 76.9 Å². The van der Waals surface area contributed by atoms with Gasteiger partial charge >= 0.3 is 0 Å². The van der Waals surface area contributed by atoms with E-state index in [2.05, 4.69) is 242 Å². The molecule has 4 nitrogen and oxygen atoms in total. The summed E-state index contributed by atoms with van der Waals surface area (Å²) in [4.78, 5) is 4.78. The van der Waals surface area contributed by atoms with Crippen molar-refractivity contribution in [1.82, 2.24) is 9.13 Å². The Balaban J connectivity index is 0.865. The summed E-state index contributed by atoms with van der Waals surface area (Å²) in [6.07, 6.45) is 6.18. The maximum absolute atomic E-state index is 15.3. The lowest BCUT2D eigenvalue weighted by Crippen LogP contribution is -2.55. The Morgan fingerprint density at radius 3 is 1.27 bits per heavy atom. The number of anilines is 6. The molecule has 13 aromatic rings. The van der Waals surface area contributed by atoms with Crippen LogP contribution in [0.3, 0.4) is 0 Å². The standard InChI is InChI=1S/C82H70F2N4/c1-80(2,3)52-19-27-60(28-20-52)87-74-17-11-9-14-66(74)70-46-62(36-39-76(70)87)85(58-31-23-56(83)24-32-58)64-35-38-69-72(48-64)82(54-42-50-41-51(44-54)45-55(82)43-50)73-49-78(65-13-7-8-16-68(65)79(69)73)86(59-33-25-57(84)26-34-59)63-37-40-77-71(47-63)67-15-10-12-18-75(67)88(77)61-29-21-53(22-30-61)81(4,5)6/h7-40,46-51,54-55H,41-45H2,1-6H3. The maximum atomic E-state index is 15.3. The van der Waals surface area contributed by atoms with E-state index in [1.165, 1.54) is 81.6 Å². The normalized spacial score (nSPS) is 19.4. The second-order valence-electron chi connectivity index (χ2n) is 28.1. The van der Waals surface area contributed by atoms with Crippen LogP contribution >= 0.6 is 0 Å². The van der Waals surface area contributed by atoms with E-state index in [9.17, 15) is 0 Å². The van der Waals surface area contributed by atoms with Crippen molar-refractivity contribution in [2.75, 3.05) is 9.80 Å². The van der Waals surface area contributed by atoms with Gasteiger partial charge in [0.2, 0.25) is 0 Å². The van der Waals surface area contributed by atoms with Gasteiger partial charge in [0.1, 0.15) is 11.6 Å². The molecule has 0 N–H and O–H groups in total. The van der Waals surface area contributed by atoms with Gasteiger partial charge in [-0.15, -0.1) is 0 Å². The van der Waals surface area contributed by atoms with Crippen LogP contribution in [0.2, 0.25) is 0 Å². The molecule has 0 aliphatic heterocycles. The number of halogens is 2. The average Bonchev–Trinajstić information content (AvgIpc) is 1.47. The average molecular weight is 1150 g/mol. The molecule has 88 heavy (non-hydrogen) atoms. The first-order valence-electron chi connectivity index (χ1n) is 31.8. The summed E-state index contributed by atoms with van der Waals surface area (Å²) >= 11 is 0. The van der Waals surface area contributed by atoms with E-state index in [0.717, 1.165) is 95.6 Å². The first-order chi connectivity index (χ1) is 42.7. The van der Waals surface area contributed by atoms with E-state index >= 15 is 8.78 Å². The summed E-state index contributed by atoms with van der Waals surface area (Å²) in [7, 11) is 0. The van der Waals surface area contributed by atoms with E-state index in [4.69, 9.17) is 0 Å². The summed E-state index contributed by atoms with van der Waals surface area (Å²) in [6, 6.07) is 82.5. The van der Waals surface area contributed by atoms with E-state index in [1.54, 1.807) is 24.3 Å². The minimum absolute atomic E-state index is 0.0374. The third-order valence-electron chi connectivity index (χ3n) is 21.1. The van der Waals surface area contributed by atoms with Crippen molar-refractivity contribution in [2.45, 2.75) is 89.9 Å². The number of aromatic nitrogens is 2. The third-order valence-corrected chi connectivity index (χ3v) is 21.1. The first kappa shape index (κ1) is 53.0. The molecule has 5 aliphatic carbocycles. The quantitative estimate of drug-likeness (QED) is 0.151. The predicted octanol–water partition coefficient (Wildman–Crippen LogP) is 22.6. The van der Waals surface area contributed by atoms with Crippen molar-refractivity contribution in [3.8, 4) is 22.5 Å². The molecular formula is C82H70F2N4. The Kier molecular flexibility index (Phi) is 11.7. The van der Waals surface area contributed by atoms with Crippen molar-refractivity contribution < 1.29 is 8.78 Å². The number of rotatable bonds is 8. The Hall–Kier alpha value is -9.26. The smallest absolute Gasteiger partial charge is 0.123 e. The maximum Gasteiger partial charge on any atom is 0.123 e. The molecule has 2 heterocycles. The van der Waals surface area contributed by atoms with Crippen molar-refractivity contribution in [2.24, 2.45) is 23.7 Å². The van der Waals surface area contributed by atoms with Gasteiger partial charge in [-0.3, -0.25) is 0 Å². The highest BCUT2D eigenvalue weighted by Crippen LogP contribution is 2.71. The van der Waals surface area contributed by atoms with Gasteiger partial charge in [-0.05, 0) is 245 Å². The fourth-order valence-corrected chi connectivity index (χ4v) is 17.4. The van der Waals surface area contributed by atoms with Gasteiger partial charge in [-0.25, -0.2) is 8.78 Å². The van der Waals surface area contributed by atoms with Crippen LogP contribution in [0.15, 0.2) is 231 Å². The monoisotopic (exact) mass is 1150 g/mol. The zero-order chi connectivity index (χ0) is 59.5. The molecule has 0 radical (unpaired) electrons. The number of benzene rings is 11. The van der Waals surface area contributed by atoms with Crippen LogP contribution in [0, 0.1) is 35.3 Å². The lowest BCUT2D eigenvalue weighted by atomic mass is 9.43. The molecule has 0 amide bonds. The lowest BCUT2D eigenvalue weighted by Gasteiger charge is -2.61. The van der Waals surface area contributed by atoms with Gasteiger partial charge in [0, 0.05) is 72.2 Å². The van der Waals surface area contributed by atoms with E-state index in [0.29, 0.717) is 11.8 Å². The van der Waals surface area contributed by atoms with Crippen LogP contribution in [-0.4, -0.2) is 9.13 Å². The van der Waals surface area contributed by atoms with Gasteiger partial charge in [0.15, 0.2) is 0 Å². The zero-order valence-corrected chi connectivity index (χ0v) is 50.8. The van der Waals surface area contributed by atoms with Gasteiger partial charge in [-0.2, -0.15) is 0 Å². The molecule has 18 rings (SSSR count). The molecule has 4 bridgehead atoms. The molecule has 0 saturated heterocycles. The highest BCUT2D eigenvalue weighted by atomic mass is 19.1. The molecule has 2 aromatic heterocycles. The SMILES string of the molecule is CC(C)(C)c1ccc(-n2c3ccccc3c3cc(N(c4ccc(F)cc4)c4ccc5c(c4)C4(c6cc(N(c7ccc(F)cc7)c7ccc8c(c7)c7ccccc7n8-c7ccc(C(C)(C)C)cc7)c7ccccc7c6-5)C5CC6CC(C5)CC4C6)ccc32)cc1.